The topological polar surface area (TPSA) is 131 Å². The number of carbonyl (C=O) groups is 1. The van der Waals surface area contributed by atoms with Crippen LogP contribution in [-0.4, -0.2) is 64.9 Å². The van der Waals surface area contributed by atoms with Crippen molar-refractivity contribution in [3.05, 3.63) is 82.9 Å². The van der Waals surface area contributed by atoms with Crippen molar-refractivity contribution < 1.29 is 17.9 Å². The lowest BCUT2D eigenvalue weighted by molar-refractivity contribution is 0.0606. The Kier molecular flexibility index (Phi) is 9.36. The van der Waals surface area contributed by atoms with Crippen molar-refractivity contribution in [3.8, 4) is 17.1 Å². The summed E-state index contributed by atoms with van der Waals surface area (Å²) in [5, 5.41) is 0. The van der Waals surface area contributed by atoms with E-state index in [9.17, 15) is 13.2 Å². The second kappa shape index (κ2) is 13.4. The van der Waals surface area contributed by atoms with E-state index in [0.29, 0.717) is 23.0 Å². The van der Waals surface area contributed by atoms with Gasteiger partial charge in [0, 0.05) is 29.8 Å². The Balaban J connectivity index is 1.39. The molecular formula is C37H45N7O4S. The van der Waals surface area contributed by atoms with Gasteiger partial charge >= 0.3 is 0 Å². The molecule has 258 valence electrons. The average Bonchev–Trinajstić information content (AvgIpc) is 3.42. The van der Waals surface area contributed by atoms with E-state index >= 15 is 0 Å². The van der Waals surface area contributed by atoms with E-state index in [1.165, 1.54) is 12.1 Å². The van der Waals surface area contributed by atoms with Gasteiger partial charge in [-0.2, -0.15) is 4.98 Å². The number of ether oxygens (including phenoxy) is 1. The van der Waals surface area contributed by atoms with Crippen molar-refractivity contribution in [3.63, 3.8) is 0 Å². The van der Waals surface area contributed by atoms with E-state index < -0.39 is 16.1 Å². The van der Waals surface area contributed by atoms with Crippen molar-refractivity contribution in [2.24, 2.45) is 11.3 Å². The highest BCUT2D eigenvalue weighted by atomic mass is 32.2. The monoisotopic (exact) mass is 683 g/mol. The molecule has 0 unspecified atom stereocenters. The minimum atomic E-state index is -4.18. The minimum Gasteiger partial charge on any atom is -0.475 e. The predicted octanol–water partition coefficient (Wildman–Crippen LogP) is 6.21. The Labute approximate surface area is 289 Å². The first kappa shape index (κ1) is 34.3. The first-order valence-electron chi connectivity index (χ1n) is 16.8. The van der Waals surface area contributed by atoms with Gasteiger partial charge in [-0.15, -0.1) is 0 Å². The van der Waals surface area contributed by atoms with Gasteiger partial charge in [-0.1, -0.05) is 52.0 Å². The standard InChI is InChI=1S/C37H45N7O4S/c1-23(2)16-27-11-8-10-24(3)32(27)33-26(5)34-41-36(40-33)42-49(46,47)30-13-9-12-28(17-30)35(45)44(25(4)21-48-34)20-31-38-18-29(19-39-31)43-15-14-37(6,7)22-43/h8-13,17-19,23,25H,14-16,20-22H2,1-7H3,(H,40,41,42)/t25-/m1/s1. The van der Waals surface area contributed by atoms with E-state index in [-0.39, 0.29) is 46.8 Å². The number of hydrogen-bond donors (Lipinski definition) is 1. The number of benzene rings is 2. The molecule has 6 rings (SSSR count). The summed E-state index contributed by atoms with van der Waals surface area (Å²) in [7, 11) is -4.18. The molecule has 0 saturated carbocycles. The third kappa shape index (κ3) is 7.39. The van der Waals surface area contributed by atoms with Crippen LogP contribution in [0.2, 0.25) is 0 Å². The van der Waals surface area contributed by atoms with Crippen LogP contribution in [0, 0.1) is 25.2 Å². The molecule has 1 saturated heterocycles. The van der Waals surface area contributed by atoms with Crippen LogP contribution in [0.5, 0.6) is 5.88 Å². The van der Waals surface area contributed by atoms with Crippen molar-refractivity contribution >= 4 is 27.6 Å². The van der Waals surface area contributed by atoms with Gasteiger partial charge in [0.05, 0.1) is 41.3 Å². The molecule has 1 fully saturated rings. The van der Waals surface area contributed by atoms with E-state index in [0.717, 1.165) is 48.3 Å². The Morgan fingerprint density at radius 1 is 1.06 bits per heavy atom. The van der Waals surface area contributed by atoms with Gasteiger partial charge < -0.3 is 14.5 Å². The summed E-state index contributed by atoms with van der Waals surface area (Å²) in [5.74, 6) is 0.625. The lowest BCUT2D eigenvalue weighted by atomic mass is 9.91. The zero-order chi connectivity index (χ0) is 35.1. The van der Waals surface area contributed by atoms with Crippen LogP contribution in [-0.2, 0) is 23.0 Å². The van der Waals surface area contributed by atoms with Gasteiger partial charge in [-0.25, -0.2) is 28.1 Å². The van der Waals surface area contributed by atoms with E-state index in [4.69, 9.17) is 9.72 Å². The predicted molar refractivity (Wildman–Crippen MR) is 190 cm³/mol. The fourth-order valence-corrected chi connectivity index (χ4v) is 7.53. The quantitative estimate of drug-likeness (QED) is 0.252. The van der Waals surface area contributed by atoms with E-state index in [2.05, 4.69) is 58.3 Å². The van der Waals surface area contributed by atoms with Crippen molar-refractivity contribution in [2.75, 3.05) is 29.3 Å². The van der Waals surface area contributed by atoms with Crippen LogP contribution in [0.15, 0.2) is 59.8 Å². The molecular weight excluding hydrogens is 639 g/mol. The fraction of sp³-hybridized carbons (Fsp3) is 0.432. The number of nitrogens with one attached hydrogen (secondary N) is 1. The highest BCUT2D eigenvalue weighted by Gasteiger charge is 2.31. The maximum absolute atomic E-state index is 14.1. The molecule has 49 heavy (non-hydrogen) atoms. The van der Waals surface area contributed by atoms with Gasteiger partial charge in [-0.3, -0.25) is 4.79 Å². The first-order valence-corrected chi connectivity index (χ1v) is 18.3. The number of aryl methyl sites for hydroxylation is 1. The molecule has 2 aromatic heterocycles. The number of nitrogens with zero attached hydrogens (tertiary/aromatic N) is 6. The molecule has 4 bridgehead atoms. The zero-order valence-corrected chi connectivity index (χ0v) is 30.1. The number of hydrogen-bond acceptors (Lipinski definition) is 9. The van der Waals surface area contributed by atoms with Crippen LogP contribution in [0.25, 0.3) is 11.3 Å². The first-order chi connectivity index (χ1) is 23.2. The largest absolute Gasteiger partial charge is 0.475 e. The maximum Gasteiger partial charge on any atom is 0.264 e. The Bertz CT molecular complexity index is 1980. The molecule has 2 aromatic carbocycles. The summed E-state index contributed by atoms with van der Waals surface area (Å²) in [6.45, 7) is 16.7. The molecule has 1 amide bonds. The second-order valence-electron chi connectivity index (χ2n) is 14.5. The van der Waals surface area contributed by atoms with Gasteiger partial charge in [0.25, 0.3) is 15.9 Å². The molecule has 12 heteroatoms. The summed E-state index contributed by atoms with van der Waals surface area (Å²) in [5.41, 5.74) is 5.70. The lowest BCUT2D eigenvalue weighted by Crippen LogP contribution is -2.42. The van der Waals surface area contributed by atoms with E-state index in [1.54, 1.807) is 29.4 Å². The minimum absolute atomic E-state index is 0.0797. The highest BCUT2D eigenvalue weighted by Crippen LogP contribution is 2.35. The summed E-state index contributed by atoms with van der Waals surface area (Å²) < 4.78 is 36.4. The molecule has 0 spiro atoms. The molecule has 1 atom stereocenters. The van der Waals surface area contributed by atoms with Crippen LogP contribution >= 0.6 is 0 Å². The third-order valence-electron chi connectivity index (χ3n) is 9.24. The zero-order valence-electron chi connectivity index (χ0n) is 29.3. The molecule has 1 N–H and O–H groups in total. The smallest absolute Gasteiger partial charge is 0.264 e. The molecule has 4 heterocycles. The van der Waals surface area contributed by atoms with Gasteiger partial charge in [0.2, 0.25) is 11.8 Å². The SMILES string of the molecule is Cc1cccc(CC(C)C)c1-c1nc2nc(c1C)OC[C@@H](C)N(Cc1ncc(N3CCC(C)(C)C3)cn1)C(=O)c1cccc(c1)S(=O)(=O)N2. The second-order valence-corrected chi connectivity index (χ2v) is 16.1. The number of amides is 1. The number of rotatable bonds is 6. The molecule has 2 aliphatic rings. The van der Waals surface area contributed by atoms with Crippen LogP contribution in [0.3, 0.4) is 0 Å². The Morgan fingerprint density at radius 3 is 2.49 bits per heavy atom. The molecule has 0 aliphatic carbocycles. The van der Waals surface area contributed by atoms with Crippen molar-refractivity contribution in [2.45, 2.75) is 78.8 Å². The summed E-state index contributed by atoms with van der Waals surface area (Å²) in [4.78, 5) is 36.5. The number of sulfonamides is 1. The highest BCUT2D eigenvalue weighted by molar-refractivity contribution is 7.92. The summed E-state index contributed by atoms with van der Waals surface area (Å²) >= 11 is 0. The van der Waals surface area contributed by atoms with E-state index in [1.807, 2.05) is 32.9 Å². The fourth-order valence-electron chi connectivity index (χ4n) is 6.54. The van der Waals surface area contributed by atoms with Crippen LogP contribution in [0.1, 0.15) is 73.9 Å². The Hall–Kier alpha value is -4.58. The summed E-state index contributed by atoms with van der Waals surface area (Å²) in [6, 6.07) is 11.6. The number of carbonyl (C=O) groups excluding carboxylic acids is 1. The maximum atomic E-state index is 14.1. The normalized spacial score (nSPS) is 18.7. The number of anilines is 2. The van der Waals surface area contributed by atoms with Gasteiger partial charge in [0.15, 0.2) is 0 Å². The average molecular weight is 684 g/mol. The molecule has 0 radical (unpaired) electrons. The molecule has 2 aliphatic heterocycles. The van der Waals surface area contributed by atoms with Crippen LogP contribution < -0.4 is 14.4 Å². The van der Waals surface area contributed by atoms with Crippen LogP contribution in [0.4, 0.5) is 11.6 Å². The third-order valence-corrected chi connectivity index (χ3v) is 10.6. The summed E-state index contributed by atoms with van der Waals surface area (Å²) in [6.07, 6.45) is 5.53. The lowest BCUT2D eigenvalue weighted by Gasteiger charge is -2.29. The molecule has 11 nitrogen and oxygen atoms in total. The van der Waals surface area contributed by atoms with Gasteiger partial charge in [-0.05, 0) is 74.3 Å². The van der Waals surface area contributed by atoms with Crippen molar-refractivity contribution in [1.82, 2.24) is 24.8 Å². The Morgan fingerprint density at radius 2 is 1.80 bits per heavy atom. The van der Waals surface area contributed by atoms with Crippen molar-refractivity contribution in [1.29, 1.82) is 0 Å². The molecule has 4 aromatic rings. The number of aromatic nitrogens is 4. The number of fused-ring (bicyclic) bond motifs is 4. The van der Waals surface area contributed by atoms with Gasteiger partial charge in [0.1, 0.15) is 12.4 Å².